The Bertz CT molecular complexity index is 891. The second-order valence-corrected chi connectivity index (χ2v) is 7.99. The predicted molar refractivity (Wildman–Crippen MR) is 109 cm³/mol. The van der Waals surface area contributed by atoms with E-state index in [-0.39, 0.29) is 24.8 Å². The number of alkyl halides is 1. The maximum absolute atomic E-state index is 4.17. The van der Waals surface area contributed by atoms with Gasteiger partial charge in [-0.15, -0.1) is 82.9 Å². The number of hydrogen-bond acceptors (Lipinski definition) is 2. The molecule has 3 aromatic rings. The van der Waals surface area contributed by atoms with Gasteiger partial charge in [-0.1, -0.05) is 33.6 Å². The molecule has 2 aliphatic rings. The number of rotatable bonds is 0. The van der Waals surface area contributed by atoms with E-state index in [1.807, 2.05) is 23.9 Å². The molecule has 0 bridgehead atoms. The standard InChI is InChI=1S/C11H6BrS.C9H7.2ClH.S.Zr/c12-11-6-9-8-4-2-1-3-7(8)5-10(9)13-11;1-2-5-9-7-3-6-8(9)4-1;;;;/h1-2,4-6,11H;1-7H;2*1H;;/q2*-1;;;;+2/p-2. The van der Waals surface area contributed by atoms with Gasteiger partial charge in [-0.2, -0.15) is 17.5 Å². The second kappa shape index (κ2) is 11.8. The van der Waals surface area contributed by atoms with Crippen LogP contribution in [0.5, 0.6) is 0 Å². The molecule has 0 saturated carbocycles. The van der Waals surface area contributed by atoms with Crippen LogP contribution in [0.15, 0.2) is 71.6 Å². The van der Waals surface area contributed by atoms with Gasteiger partial charge in [-0.25, -0.2) is 0 Å². The number of halogens is 3. The van der Waals surface area contributed by atoms with Gasteiger partial charge in [0.15, 0.2) is 0 Å². The Morgan fingerprint density at radius 2 is 1.85 bits per heavy atom. The molecule has 6 heteroatoms. The van der Waals surface area contributed by atoms with Gasteiger partial charge >= 0.3 is 31.5 Å². The molecule has 0 saturated heterocycles. The number of hydrogen-bond donors (Lipinski definition) is 0. The van der Waals surface area contributed by atoms with E-state index in [1.165, 1.54) is 32.4 Å². The second-order valence-electron chi connectivity index (χ2n) is 5.21. The van der Waals surface area contributed by atoms with E-state index in [0.717, 1.165) is 22.7 Å². The van der Waals surface area contributed by atoms with Crippen LogP contribution in [0.1, 0.15) is 11.1 Å². The summed E-state index contributed by atoms with van der Waals surface area (Å²) < 4.78 is 0.446. The fraction of sp³-hybridized carbons (Fsp3) is 0.0500. The minimum atomic E-state index is 0. The van der Waals surface area contributed by atoms with Crippen molar-refractivity contribution in [2.24, 2.45) is 0 Å². The zero-order chi connectivity index (χ0) is 16.9. The van der Waals surface area contributed by atoms with E-state index >= 15 is 0 Å². The number of allylic oxidation sites excluding steroid dienone is 1. The maximum Gasteiger partial charge on any atom is -0.0809 e. The van der Waals surface area contributed by atoms with Crippen molar-refractivity contribution in [2.75, 3.05) is 0 Å². The summed E-state index contributed by atoms with van der Waals surface area (Å²) in [6, 6.07) is 24.1. The van der Waals surface area contributed by atoms with E-state index in [0.29, 0.717) is 4.16 Å². The van der Waals surface area contributed by atoms with E-state index in [1.54, 1.807) is 0 Å². The van der Waals surface area contributed by atoms with Crippen molar-refractivity contribution in [1.82, 2.24) is 0 Å². The van der Waals surface area contributed by atoms with Crippen molar-refractivity contribution in [1.29, 1.82) is 0 Å². The van der Waals surface area contributed by atoms with Gasteiger partial charge in [0.1, 0.15) is 0 Å². The monoisotopic (exact) mass is 556 g/mol. The number of benzene rings is 2. The molecular weight excluding hydrogens is 546 g/mol. The van der Waals surface area contributed by atoms with Gasteiger partial charge in [0.2, 0.25) is 0 Å². The molecule has 1 atom stereocenters. The van der Waals surface area contributed by atoms with E-state index in [4.69, 9.17) is 0 Å². The van der Waals surface area contributed by atoms with Crippen LogP contribution in [0.3, 0.4) is 0 Å². The first-order valence-corrected chi connectivity index (χ1v) is 12.6. The Kier molecular flexibility index (Phi) is 10.9. The normalized spacial score (nSPS) is 15.6. The largest absolute Gasteiger partial charge is 0.168 e. The zero-order valence-electron chi connectivity index (χ0n) is 13.5. The first-order valence-electron chi connectivity index (χ1n) is 7.38. The Morgan fingerprint density at radius 3 is 2.62 bits per heavy atom. The molecule has 0 N–H and O–H groups in total. The molecule has 1 aliphatic heterocycles. The van der Waals surface area contributed by atoms with Gasteiger partial charge in [0.05, 0.1) is 4.16 Å². The number of thioether (sulfide) groups is 1. The minimum absolute atomic E-state index is 0. The molecule has 26 heavy (non-hydrogen) atoms. The van der Waals surface area contributed by atoms with Crippen molar-refractivity contribution in [2.45, 2.75) is 4.16 Å². The third-order valence-electron chi connectivity index (χ3n) is 3.80. The maximum atomic E-state index is 4.17. The Morgan fingerprint density at radius 1 is 1.08 bits per heavy atom. The summed E-state index contributed by atoms with van der Waals surface area (Å²) in [5, 5.41) is 2.66. The van der Waals surface area contributed by atoms with Crippen molar-refractivity contribution in [3.63, 3.8) is 0 Å². The summed E-state index contributed by atoms with van der Waals surface area (Å²) in [5.74, 6) is 0. The SMILES string of the molecule is BrC1C=C2C(=Cc3[c-]cccc32)S1.[Cl-].[Cl-].[S]=[Zr+2].c1ccc2[cH-]ccc2c1. The molecule has 0 fully saturated rings. The molecule has 0 aromatic heterocycles. The first kappa shape index (κ1) is 24.1. The molecular formula is C20H13BrCl2S2Zr-2. The Hall–Kier alpha value is 0.0431. The van der Waals surface area contributed by atoms with Gasteiger partial charge in [-0.05, 0) is 4.91 Å². The predicted octanol–water partition coefficient (Wildman–Crippen LogP) is 0.905. The van der Waals surface area contributed by atoms with Crippen molar-refractivity contribution < 1.29 is 47.5 Å². The minimum Gasteiger partial charge on any atom is -0.168 e. The summed E-state index contributed by atoms with van der Waals surface area (Å²) in [7, 11) is 4.17. The topological polar surface area (TPSA) is 0 Å². The van der Waals surface area contributed by atoms with Crippen LogP contribution in [-0.2, 0) is 22.7 Å². The van der Waals surface area contributed by atoms with Crippen LogP contribution in [0, 0.1) is 6.07 Å². The fourth-order valence-electron chi connectivity index (χ4n) is 2.77. The summed E-state index contributed by atoms with van der Waals surface area (Å²) in [6.45, 7) is 0. The third-order valence-corrected chi connectivity index (χ3v) is 5.58. The molecule has 0 radical (unpaired) electrons. The van der Waals surface area contributed by atoms with Crippen LogP contribution in [0.4, 0.5) is 0 Å². The van der Waals surface area contributed by atoms with Crippen molar-refractivity contribution in [3.05, 3.63) is 88.8 Å². The fourth-order valence-corrected chi connectivity index (χ4v) is 4.58. The first-order chi connectivity index (χ1) is 11.8. The van der Waals surface area contributed by atoms with E-state index < -0.39 is 0 Å². The Labute approximate surface area is 197 Å². The molecule has 1 heterocycles. The summed E-state index contributed by atoms with van der Waals surface area (Å²) >= 11 is 6.57. The van der Waals surface area contributed by atoms with Crippen LogP contribution < -0.4 is 24.8 Å². The molecule has 0 nitrogen and oxygen atoms in total. The van der Waals surface area contributed by atoms with Gasteiger partial charge in [-0.3, -0.25) is 0 Å². The van der Waals surface area contributed by atoms with Crippen LogP contribution in [0.25, 0.3) is 22.4 Å². The molecule has 1 aliphatic carbocycles. The summed E-state index contributed by atoms with van der Waals surface area (Å²) in [6.07, 6.45) is 4.48. The zero-order valence-corrected chi connectivity index (χ0v) is 20.6. The van der Waals surface area contributed by atoms with Gasteiger partial charge < -0.3 is 24.8 Å². The van der Waals surface area contributed by atoms with Crippen LogP contribution in [-0.4, -0.2) is 4.16 Å². The molecule has 132 valence electrons. The van der Waals surface area contributed by atoms with Crippen molar-refractivity contribution in [3.8, 4) is 0 Å². The van der Waals surface area contributed by atoms with Crippen LogP contribution in [0.2, 0.25) is 0 Å². The smallest absolute Gasteiger partial charge is 0.0809 e. The van der Waals surface area contributed by atoms with E-state index in [9.17, 15) is 0 Å². The van der Waals surface area contributed by atoms with Gasteiger partial charge in [0.25, 0.3) is 0 Å². The van der Waals surface area contributed by atoms with E-state index in [2.05, 4.69) is 91.5 Å². The number of fused-ring (bicyclic) bond motifs is 4. The quantitative estimate of drug-likeness (QED) is 0.297. The molecule has 3 aromatic carbocycles. The van der Waals surface area contributed by atoms with Crippen molar-refractivity contribution >= 4 is 59.0 Å². The van der Waals surface area contributed by atoms with Gasteiger partial charge in [0, 0.05) is 0 Å². The third kappa shape index (κ3) is 5.53. The Balaban J connectivity index is 0.000000232. The summed E-state index contributed by atoms with van der Waals surface area (Å²) in [5.41, 5.74) is 3.93. The molecule has 0 spiro atoms. The molecule has 5 rings (SSSR count). The van der Waals surface area contributed by atoms with Crippen LogP contribution >= 0.6 is 36.5 Å². The average molecular weight is 559 g/mol. The molecule has 1 unspecified atom stereocenters. The summed E-state index contributed by atoms with van der Waals surface area (Å²) in [4.78, 5) is 1.37. The molecule has 0 amide bonds. The average Bonchev–Trinajstić information content (AvgIpc) is 3.31.